The third kappa shape index (κ3) is 13.8. The van der Waals surface area contributed by atoms with Crippen molar-refractivity contribution < 1.29 is 4.43 Å². The van der Waals surface area contributed by atoms with Crippen molar-refractivity contribution in [2.75, 3.05) is 0 Å². The smallest absolute Gasteiger partial charge is 0.187 e. The van der Waals surface area contributed by atoms with Gasteiger partial charge in [0.1, 0.15) is 0 Å². The minimum atomic E-state index is -1.40. The number of hydrogen-bond donors (Lipinski definition) is 0. The largest absolute Gasteiger partial charge is 0.414 e. The Morgan fingerprint density at radius 3 is 1.68 bits per heavy atom. The van der Waals surface area contributed by atoms with E-state index in [9.17, 15) is 0 Å². The summed E-state index contributed by atoms with van der Waals surface area (Å²) < 4.78 is 6.50. The Hall–Kier alpha value is 0.177. The summed E-state index contributed by atoms with van der Waals surface area (Å²) in [5.74, 6) is 0. The summed E-state index contributed by atoms with van der Waals surface area (Å²) in [5.41, 5.74) is 0. The average Bonchev–Trinajstić information content (AvgIpc) is 2.50. The van der Waals surface area contributed by atoms with Gasteiger partial charge in [-0.05, 0) is 32.0 Å². The fourth-order valence-corrected chi connectivity index (χ4v) is 5.65. The predicted octanol–water partition coefficient (Wildman–Crippen LogP) is 7.71. The van der Waals surface area contributed by atoms with Crippen LogP contribution in [0.25, 0.3) is 0 Å². The number of unbranched alkanes of at least 4 members (excludes halogenated alkanes) is 9. The third-order valence-corrected chi connectivity index (χ3v) is 7.23. The van der Waals surface area contributed by atoms with Crippen LogP contribution in [0.15, 0.2) is 0 Å². The first kappa shape index (κ1) is 22.2. The van der Waals surface area contributed by atoms with Gasteiger partial charge in [0.25, 0.3) is 0 Å². The lowest BCUT2D eigenvalue weighted by molar-refractivity contribution is 0.172. The van der Waals surface area contributed by atoms with Gasteiger partial charge >= 0.3 is 0 Å². The van der Waals surface area contributed by atoms with Gasteiger partial charge in [0.15, 0.2) is 8.32 Å². The molecule has 0 rings (SSSR count). The van der Waals surface area contributed by atoms with Crippen LogP contribution in [0.5, 0.6) is 0 Å². The van der Waals surface area contributed by atoms with Gasteiger partial charge in [0.2, 0.25) is 0 Å². The fraction of sp³-hybridized carbons (Fsp3) is 1.00. The normalized spacial score (nSPS) is 13.5. The summed E-state index contributed by atoms with van der Waals surface area (Å²) >= 11 is 0. The summed E-state index contributed by atoms with van der Waals surface area (Å²) in [6, 6.07) is 1.33. The van der Waals surface area contributed by atoms with E-state index in [0.717, 1.165) is 0 Å². The Morgan fingerprint density at radius 1 is 0.682 bits per heavy atom. The molecule has 2 heteroatoms. The minimum absolute atomic E-state index is 0.531. The molecule has 0 aromatic carbocycles. The van der Waals surface area contributed by atoms with Crippen molar-refractivity contribution >= 4 is 8.32 Å². The van der Waals surface area contributed by atoms with E-state index in [1.54, 1.807) is 0 Å². The zero-order valence-electron chi connectivity index (χ0n) is 16.4. The average molecular weight is 329 g/mol. The molecule has 22 heavy (non-hydrogen) atoms. The molecule has 0 aromatic rings. The summed E-state index contributed by atoms with van der Waals surface area (Å²) in [7, 11) is -1.40. The standard InChI is InChI=1S/C20H44OSi/c1-6-9-11-12-13-14-15-16-17-18-20(8-3)21-22(4,5)19-10-7-2/h20H,6-19H2,1-5H3. The van der Waals surface area contributed by atoms with Crippen LogP contribution >= 0.6 is 0 Å². The van der Waals surface area contributed by atoms with Gasteiger partial charge in [0, 0.05) is 6.10 Å². The van der Waals surface area contributed by atoms with Gasteiger partial charge < -0.3 is 4.43 Å². The Bertz CT molecular complexity index is 228. The highest BCUT2D eigenvalue weighted by Crippen LogP contribution is 2.21. The van der Waals surface area contributed by atoms with Crippen molar-refractivity contribution in [3.63, 3.8) is 0 Å². The maximum absolute atomic E-state index is 6.50. The molecule has 1 nitrogen and oxygen atoms in total. The lowest BCUT2D eigenvalue weighted by atomic mass is 10.0. The van der Waals surface area contributed by atoms with Gasteiger partial charge in [0.05, 0.1) is 0 Å². The fourth-order valence-electron chi connectivity index (χ4n) is 3.14. The van der Waals surface area contributed by atoms with Crippen molar-refractivity contribution in [2.24, 2.45) is 0 Å². The Morgan fingerprint density at radius 2 is 1.18 bits per heavy atom. The molecule has 1 atom stereocenters. The molecule has 0 amide bonds. The van der Waals surface area contributed by atoms with Gasteiger partial charge in [-0.1, -0.05) is 91.4 Å². The van der Waals surface area contributed by atoms with E-state index in [-0.39, 0.29) is 0 Å². The van der Waals surface area contributed by atoms with Crippen LogP contribution in [0.4, 0.5) is 0 Å². The minimum Gasteiger partial charge on any atom is -0.414 e. The van der Waals surface area contributed by atoms with Gasteiger partial charge in [-0.3, -0.25) is 0 Å². The summed E-state index contributed by atoms with van der Waals surface area (Å²) in [4.78, 5) is 0. The van der Waals surface area contributed by atoms with Gasteiger partial charge in [-0.15, -0.1) is 0 Å². The van der Waals surface area contributed by atoms with Gasteiger partial charge in [-0.2, -0.15) is 0 Å². The highest BCUT2D eigenvalue weighted by molar-refractivity contribution is 6.71. The van der Waals surface area contributed by atoms with E-state index in [1.165, 1.54) is 89.5 Å². The zero-order chi connectivity index (χ0) is 16.7. The molecule has 0 saturated carbocycles. The van der Waals surface area contributed by atoms with E-state index in [2.05, 4.69) is 33.9 Å². The molecule has 0 radical (unpaired) electrons. The molecular formula is C20H44OSi. The molecule has 0 aliphatic carbocycles. The van der Waals surface area contributed by atoms with E-state index < -0.39 is 8.32 Å². The van der Waals surface area contributed by atoms with Crippen molar-refractivity contribution in [1.29, 1.82) is 0 Å². The van der Waals surface area contributed by atoms with Crippen molar-refractivity contribution in [3.05, 3.63) is 0 Å². The topological polar surface area (TPSA) is 9.23 Å². The highest BCUT2D eigenvalue weighted by atomic mass is 28.4. The molecule has 0 aliphatic rings. The predicted molar refractivity (Wildman–Crippen MR) is 104 cm³/mol. The summed E-state index contributed by atoms with van der Waals surface area (Å²) in [5, 5.41) is 0. The lowest BCUT2D eigenvalue weighted by Gasteiger charge is -2.29. The van der Waals surface area contributed by atoms with Crippen LogP contribution < -0.4 is 0 Å². The molecule has 1 unspecified atom stereocenters. The SMILES string of the molecule is CCCCCCCCCCCC(CC)O[Si](C)(C)CCCC. The van der Waals surface area contributed by atoms with Crippen LogP contribution in [0, 0.1) is 0 Å². The first-order chi connectivity index (χ1) is 10.6. The zero-order valence-corrected chi connectivity index (χ0v) is 17.4. The molecule has 0 fully saturated rings. The molecule has 0 aliphatic heterocycles. The Balaban J connectivity index is 3.61. The monoisotopic (exact) mass is 328 g/mol. The maximum Gasteiger partial charge on any atom is 0.187 e. The summed E-state index contributed by atoms with van der Waals surface area (Å²) in [6.07, 6.45) is 18.4. The van der Waals surface area contributed by atoms with Crippen molar-refractivity contribution in [1.82, 2.24) is 0 Å². The van der Waals surface area contributed by atoms with Gasteiger partial charge in [-0.25, -0.2) is 0 Å². The highest BCUT2D eigenvalue weighted by Gasteiger charge is 2.25. The van der Waals surface area contributed by atoms with Crippen LogP contribution in [-0.4, -0.2) is 14.4 Å². The lowest BCUT2D eigenvalue weighted by Crippen LogP contribution is -2.35. The maximum atomic E-state index is 6.50. The van der Waals surface area contributed by atoms with Crippen LogP contribution in [0.2, 0.25) is 19.1 Å². The third-order valence-electron chi connectivity index (χ3n) is 4.70. The van der Waals surface area contributed by atoms with E-state index >= 15 is 0 Å². The molecule has 0 heterocycles. The van der Waals surface area contributed by atoms with E-state index in [4.69, 9.17) is 4.43 Å². The molecular weight excluding hydrogens is 284 g/mol. The second-order valence-electron chi connectivity index (χ2n) is 7.63. The van der Waals surface area contributed by atoms with Crippen LogP contribution in [0.1, 0.15) is 104 Å². The Kier molecular flexibility index (Phi) is 14.9. The first-order valence-corrected chi connectivity index (χ1v) is 13.3. The van der Waals surface area contributed by atoms with Crippen LogP contribution in [-0.2, 0) is 4.43 Å². The molecule has 0 saturated heterocycles. The molecule has 0 N–H and O–H groups in total. The Labute approximate surface area is 142 Å². The molecule has 0 spiro atoms. The number of rotatable bonds is 16. The van der Waals surface area contributed by atoms with Crippen LogP contribution in [0.3, 0.4) is 0 Å². The first-order valence-electron chi connectivity index (χ1n) is 10.2. The van der Waals surface area contributed by atoms with E-state index in [1.807, 2.05) is 0 Å². The second kappa shape index (κ2) is 14.7. The second-order valence-corrected chi connectivity index (χ2v) is 11.9. The van der Waals surface area contributed by atoms with Crippen molar-refractivity contribution in [2.45, 2.75) is 129 Å². The number of hydrogen-bond acceptors (Lipinski definition) is 1. The molecule has 0 aromatic heterocycles. The molecule has 134 valence electrons. The summed E-state index contributed by atoms with van der Waals surface area (Å²) in [6.45, 7) is 11.7. The molecule has 0 bridgehead atoms. The quantitative estimate of drug-likeness (QED) is 0.208. The van der Waals surface area contributed by atoms with Crippen molar-refractivity contribution in [3.8, 4) is 0 Å². The van der Waals surface area contributed by atoms with E-state index in [0.29, 0.717) is 6.10 Å².